The van der Waals surface area contributed by atoms with Gasteiger partial charge in [0, 0.05) is 12.7 Å². The lowest BCUT2D eigenvalue weighted by atomic mass is 10.0. The molecule has 106 valence electrons. The van der Waals surface area contributed by atoms with Gasteiger partial charge in [0.2, 0.25) is 0 Å². The summed E-state index contributed by atoms with van der Waals surface area (Å²) in [5.74, 6) is -1.54. The average molecular weight is 284 g/mol. The molecule has 0 atom stereocenters. The van der Waals surface area contributed by atoms with Crippen LogP contribution in [0.1, 0.15) is 33.6 Å². The summed E-state index contributed by atoms with van der Waals surface area (Å²) in [4.78, 5) is 14.5. The van der Waals surface area contributed by atoms with Gasteiger partial charge in [-0.1, -0.05) is 0 Å². The zero-order valence-corrected chi connectivity index (χ0v) is 9.59. The molecule has 0 radical (unpaired) electrons. The Labute approximate surface area is 104 Å². The van der Waals surface area contributed by atoms with Crippen LogP contribution in [0.25, 0.3) is 0 Å². The first kappa shape index (κ1) is 15.3. The van der Waals surface area contributed by atoms with Gasteiger partial charge in [0.25, 0.3) is 6.43 Å². The van der Waals surface area contributed by atoms with Crippen molar-refractivity contribution >= 4 is 5.97 Å². The number of carbonyl (C=O) groups is 1. The molecule has 1 aromatic rings. The molecule has 0 aliphatic heterocycles. The molecule has 1 heterocycles. The van der Waals surface area contributed by atoms with Gasteiger partial charge in [0.1, 0.15) is 5.69 Å². The maximum absolute atomic E-state index is 12.9. The van der Waals surface area contributed by atoms with Gasteiger partial charge in [-0.05, 0) is 5.56 Å². The first-order valence-corrected chi connectivity index (χ1v) is 4.89. The maximum Gasteiger partial charge on any atom is 0.417 e. The van der Waals surface area contributed by atoms with Crippen molar-refractivity contribution in [1.82, 2.24) is 4.98 Å². The number of hydrogen-bond acceptors (Lipinski definition) is 4. The predicted octanol–water partition coefficient (Wildman–Crippen LogP) is 2.28. The van der Waals surface area contributed by atoms with Crippen molar-refractivity contribution in [2.24, 2.45) is 5.73 Å². The molecule has 0 unspecified atom stereocenters. The standard InChI is InChI=1S/C10H9F5N2O2/c1-19-9(18)5-6(10(13,14)15)4(2-16)3-17-7(5)8(11)12/h3,8H,2,16H2,1H3. The number of ether oxygens (including phenoxy) is 1. The summed E-state index contributed by atoms with van der Waals surface area (Å²) >= 11 is 0. The molecule has 9 heteroatoms. The lowest BCUT2D eigenvalue weighted by Crippen LogP contribution is -2.22. The summed E-state index contributed by atoms with van der Waals surface area (Å²) in [5, 5.41) is 0. The highest BCUT2D eigenvalue weighted by Gasteiger charge is 2.41. The van der Waals surface area contributed by atoms with E-state index in [2.05, 4.69) is 9.72 Å². The summed E-state index contributed by atoms with van der Waals surface area (Å²) < 4.78 is 68.1. The minimum Gasteiger partial charge on any atom is -0.465 e. The van der Waals surface area contributed by atoms with Crippen LogP contribution in [0, 0.1) is 0 Å². The lowest BCUT2D eigenvalue weighted by molar-refractivity contribution is -0.139. The van der Waals surface area contributed by atoms with Gasteiger partial charge in [-0.15, -0.1) is 0 Å². The van der Waals surface area contributed by atoms with E-state index in [1.165, 1.54) is 0 Å². The Morgan fingerprint density at radius 3 is 2.42 bits per heavy atom. The Balaban J connectivity index is 3.71. The minimum atomic E-state index is -5.02. The molecule has 1 rings (SSSR count). The van der Waals surface area contributed by atoms with Gasteiger partial charge < -0.3 is 10.5 Å². The number of carbonyl (C=O) groups excluding carboxylic acids is 1. The molecule has 0 bridgehead atoms. The molecule has 4 nitrogen and oxygen atoms in total. The maximum atomic E-state index is 12.9. The summed E-state index contributed by atoms with van der Waals surface area (Å²) in [6, 6.07) is 0. The van der Waals surface area contributed by atoms with E-state index in [0.29, 0.717) is 6.20 Å². The molecule has 0 saturated heterocycles. The van der Waals surface area contributed by atoms with E-state index in [-0.39, 0.29) is 0 Å². The zero-order chi connectivity index (χ0) is 14.8. The molecular formula is C10H9F5N2O2. The molecule has 0 saturated carbocycles. The van der Waals surface area contributed by atoms with E-state index < -0.39 is 47.5 Å². The van der Waals surface area contributed by atoms with Crippen LogP contribution in [0.15, 0.2) is 6.20 Å². The van der Waals surface area contributed by atoms with Crippen molar-refractivity contribution in [3.8, 4) is 0 Å². The Hall–Kier alpha value is -1.77. The Bertz CT molecular complexity index is 488. The fraction of sp³-hybridized carbons (Fsp3) is 0.400. The number of aromatic nitrogens is 1. The molecule has 0 aliphatic carbocycles. The number of hydrogen-bond donors (Lipinski definition) is 1. The number of rotatable bonds is 3. The van der Waals surface area contributed by atoms with E-state index in [4.69, 9.17) is 5.73 Å². The second-order valence-electron chi connectivity index (χ2n) is 3.41. The first-order valence-electron chi connectivity index (χ1n) is 4.89. The number of halogens is 5. The number of nitrogens with zero attached hydrogens (tertiary/aromatic N) is 1. The van der Waals surface area contributed by atoms with Crippen LogP contribution in [0.3, 0.4) is 0 Å². The zero-order valence-electron chi connectivity index (χ0n) is 9.59. The van der Waals surface area contributed by atoms with Crippen LogP contribution in [-0.4, -0.2) is 18.1 Å². The third-order valence-electron chi connectivity index (χ3n) is 2.29. The highest BCUT2D eigenvalue weighted by molar-refractivity contribution is 5.93. The largest absolute Gasteiger partial charge is 0.465 e. The van der Waals surface area contributed by atoms with E-state index in [1.807, 2.05) is 0 Å². The minimum absolute atomic E-state index is 0.558. The van der Waals surface area contributed by atoms with Crippen LogP contribution in [0.4, 0.5) is 22.0 Å². The molecule has 0 fully saturated rings. The highest BCUT2D eigenvalue weighted by Crippen LogP contribution is 2.37. The molecular weight excluding hydrogens is 275 g/mol. The Morgan fingerprint density at radius 1 is 1.47 bits per heavy atom. The van der Waals surface area contributed by atoms with E-state index in [9.17, 15) is 26.7 Å². The summed E-state index contributed by atoms with van der Waals surface area (Å²) in [5.41, 5.74) is 0.432. The molecule has 19 heavy (non-hydrogen) atoms. The van der Waals surface area contributed by atoms with Gasteiger partial charge in [-0.3, -0.25) is 4.98 Å². The first-order chi connectivity index (χ1) is 8.73. The van der Waals surface area contributed by atoms with Crippen LogP contribution < -0.4 is 5.73 Å². The number of methoxy groups -OCH3 is 1. The quantitative estimate of drug-likeness (QED) is 0.683. The third-order valence-corrected chi connectivity index (χ3v) is 2.29. The van der Waals surface area contributed by atoms with E-state index in [0.717, 1.165) is 7.11 Å². The van der Waals surface area contributed by atoms with Crippen LogP contribution in [0.2, 0.25) is 0 Å². The molecule has 0 aromatic carbocycles. The number of nitrogens with two attached hydrogens (primary N) is 1. The normalized spacial score (nSPS) is 11.8. The topological polar surface area (TPSA) is 65.2 Å². The van der Waals surface area contributed by atoms with Crippen molar-refractivity contribution in [3.63, 3.8) is 0 Å². The number of esters is 1. The van der Waals surface area contributed by atoms with Crippen molar-refractivity contribution < 1.29 is 31.5 Å². The van der Waals surface area contributed by atoms with Crippen molar-refractivity contribution in [3.05, 3.63) is 28.6 Å². The van der Waals surface area contributed by atoms with Crippen molar-refractivity contribution in [1.29, 1.82) is 0 Å². The summed E-state index contributed by atoms with van der Waals surface area (Å²) in [6.07, 6.45) is -7.79. The Kier molecular flexibility index (Phi) is 4.40. The molecule has 2 N–H and O–H groups in total. The number of pyridine rings is 1. The lowest BCUT2D eigenvalue weighted by Gasteiger charge is -2.17. The van der Waals surface area contributed by atoms with Crippen LogP contribution in [-0.2, 0) is 17.5 Å². The van der Waals surface area contributed by atoms with Crippen molar-refractivity contribution in [2.45, 2.75) is 19.1 Å². The fourth-order valence-electron chi connectivity index (χ4n) is 1.52. The number of alkyl halides is 5. The van der Waals surface area contributed by atoms with Gasteiger partial charge in [0.15, 0.2) is 0 Å². The second-order valence-corrected chi connectivity index (χ2v) is 3.41. The van der Waals surface area contributed by atoms with E-state index >= 15 is 0 Å². The van der Waals surface area contributed by atoms with Crippen LogP contribution >= 0.6 is 0 Å². The Morgan fingerprint density at radius 2 is 2.05 bits per heavy atom. The highest BCUT2D eigenvalue weighted by atomic mass is 19.4. The van der Waals surface area contributed by atoms with Gasteiger partial charge in [-0.25, -0.2) is 13.6 Å². The molecule has 1 aromatic heterocycles. The fourth-order valence-corrected chi connectivity index (χ4v) is 1.52. The second kappa shape index (κ2) is 5.47. The predicted molar refractivity (Wildman–Crippen MR) is 53.4 cm³/mol. The van der Waals surface area contributed by atoms with E-state index in [1.54, 1.807) is 0 Å². The molecule has 0 spiro atoms. The SMILES string of the molecule is COC(=O)c1c(C(F)F)ncc(CN)c1C(F)(F)F. The van der Waals surface area contributed by atoms with Crippen LogP contribution in [0.5, 0.6) is 0 Å². The van der Waals surface area contributed by atoms with Gasteiger partial charge in [-0.2, -0.15) is 13.2 Å². The third kappa shape index (κ3) is 2.98. The van der Waals surface area contributed by atoms with Crippen molar-refractivity contribution in [2.75, 3.05) is 7.11 Å². The smallest absolute Gasteiger partial charge is 0.417 e. The summed E-state index contributed by atoms with van der Waals surface area (Å²) in [7, 11) is 0.785. The summed E-state index contributed by atoms with van der Waals surface area (Å²) in [6.45, 7) is -0.602. The monoisotopic (exact) mass is 284 g/mol. The van der Waals surface area contributed by atoms with Gasteiger partial charge in [0.05, 0.1) is 18.2 Å². The molecule has 0 amide bonds. The van der Waals surface area contributed by atoms with Gasteiger partial charge >= 0.3 is 12.1 Å². The average Bonchev–Trinajstić information content (AvgIpc) is 2.34. The molecule has 0 aliphatic rings.